The van der Waals surface area contributed by atoms with E-state index >= 15 is 0 Å². The Morgan fingerprint density at radius 3 is 2.48 bits per heavy atom. The van der Waals surface area contributed by atoms with Gasteiger partial charge in [0, 0.05) is 25.7 Å². The number of hydrogen-bond donors (Lipinski definition) is 1. The number of aliphatic hydroxyl groups is 1. The van der Waals surface area contributed by atoms with Crippen molar-refractivity contribution in [2.24, 2.45) is 23.7 Å². The lowest BCUT2D eigenvalue weighted by Crippen LogP contribution is -2.60. The number of ether oxygens (including phenoxy) is 5. The third-order valence-electron chi connectivity index (χ3n) is 12.7. The Bertz CT molecular complexity index is 1330. The summed E-state index contributed by atoms with van der Waals surface area (Å²) in [7, 11) is -2.26. The zero-order valence-corrected chi connectivity index (χ0v) is 32.3. The predicted octanol–water partition coefficient (Wildman–Crippen LogP) is 7.41. The first kappa shape index (κ1) is 36.5. The summed E-state index contributed by atoms with van der Waals surface area (Å²) in [4.78, 5) is 14.5. The summed E-state index contributed by atoms with van der Waals surface area (Å²) >= 11 is 0. The maximum absolute atomic E-state index is 14.5. The van der Waals surface area contributed by atoms with Crippen molar-refractivity contribution in [2.75, 3.05) is 6.61 Å². The summed E-state index contributed by atoms with van der Waals surface area (Å²) < 4.78 is 39.9. The van der Waals surface area contributed by atoms with Crippen LogP contribution in [0.5, 0.6) is 0 Å². The highest BCUT2D eigenvalue weighted by Crippen LogP contribution is 2.51. The van der Waals surface area contributed by atoms with Crippen molar-refractivity contribution in [3.63, 3.8) is 0 Å². The number of rotatable bonds is 3. The zero-order valence-electron chi connectivity index (χ0n) is 31.3. The van der Waals surface area contributed by atoms with Crippen LogP contribution in [0.3, 0.4) is 0 Å². The Balaban J connectivity index is 1.37. The number of carbonyl (C=O) groups excluding carboxylic acids is 1. The van der Waals surface area contributed by atoms with Crippen LogP contribution in [0, 0.1) is 23.7 Å². The Morgan fingerprint density at radius 1 is 1.06 bits per heavy atom. The lowest BCUT2D eigenvalue weighted by molar-refractivity contribution is -0.341. The van der Waals surface area contributed by atoms with Gasteiger partial charge in [0.05, 0.1) is 36.6 Å². The van der Waals surface area contributed by atoms with Gasteiger partial charge in [-0.2, -0.15) is 0 Å². The second-order valence-corrected chi connectivity index (χ2v) is 22.9. The third kappa shape index (κ3) is 6.71. The van der Waals surface area contributed by atoms with Crippen molar-refractivity contribution in [2.45, 2.75) is 173 Å². The monoisotopic (exact) mass is 686 g/mol. The summed E-state index contributed by atoms with van der Waals surface area (Å²) in [5.74, 6) is -1.17. The molecule has 0 aromatic heterocycles. The number of carbonyl (C=O) groups is 1. The Hall–Kier alpha value is -1.33. The molecule has 48 heavy (non-hydrogen) atoms. The topological polar surface area (TPSA) is 96.0 Å². The molecule has 1 aliphatic carbocycles. The van der Waals surface area contributed by atoms with E-state index in [2.05, 4.69) is 74.6 Å². The van der Waals surface area contributed by atoms with Crippen molar-refractivity contribution < 1.29 is 38.0 Å². The highest BCUT2D eigenvalue weighted by Gasteiger charge is 2.62. The van der Waals surface area contributed by atoms with Crippen LogP contribution in [-0.4, -0.2) is 79.6 Å². The van der Waals surface area contributed by atoms with Gasteiger partial charge >= 0.3 is 5.97 Å². The van der Waals surface area contributed by atoms with Crippen molar-refractivity contribution >= 4 is 14.3 Å². The molecule has 0 aromatic carbocycles. The molecule has 8 nitrogen and oxygen atoms in total. The molecule has 6 rings (SSSR count). The fourth-order valence-electron chi connectivity index (χ4n) is 8.84. The van der Waals surface area contributed by atoms with Crippen molar-refractivity contribution in [3.05, 3.63) is 35.5 Å². The molecule has 5 aliphatic heterocycles. The van der Waals surface area contributed by atoms with Gasteiger partial charge < -0.3 is 33.2 Å². The fourth-order valence-corrected chi connectivity index (χ4v) is 10.1. The fraction of sp³-hybridized carbons (Fsp3) is 0.821. The molecule has 12 atom stereocenters. The van der Waals surface area contributed by atoms with E-state index in [1.807, 2.05) is 25.2 Å². The van der Waals surface area contributed by atoms with Gasteiger partial charge in [-0.25, -0.2) is 0 Å². The molecule has 270 valence electrons. The molecule has 0 amide bonds. The molecule has 9 heteroatoms. The number of hydrogen-bond acceptors (Lipinski definition) is 8. The summed E-state index contributed by atoms with van der Waals surface area (Å²) in [6.07, 6.45) is 10.7. The quantitative estimate of drug-likeness (QED) is 0.142. The highest BCUT2D eigenvalue weighted by atomic mass is 28.4. The van der Waals surface area contributed by atoms with E-state index in [9.17, 15) is 9.90 Å². The van der Waals surface area contributed by atoms with Gasteiger partial charge in [-0.1, -0.05) is 72.8 Å². The molecule has 0 aromatic rings. The molecule has 6 aliphatic rings. The Kier molecular flexibility index (Phi) is 9.65. The van der Waals surface area contributed by atoms with Crippen LogP contribution in [0.1, 0.15) is 101 Å². The molecule has 0 radical (unpaired) electrons. The summed E-state index contributed by atoms with van der Waals surface area (Å²) in [5.41, 5.74) is -0.268. The van der Waals surface area contributed by atoms with Gasteiger partial charge in [0.1, 0.15) is 23.7 Å². The molecule has 2 bridgehead atoms. The lowest BCUT2D eigenvalue weighted by atomic mass is 9.71. The highest BCUT2D eigenvalue weighted by molar-refractivity contribution is 6.74. The van der Waals surface area contributed by atoms with E-state index < -0.39 is 49.9 Å². The lowest BCUT2D eigenvalue weighted by Gasteiger charge is -2.51. The summed E-state index contributed by atoms with van der Waals surface area (Å²) in [6, 6.07) is 0. The van der Waals surface area contributed by atoms with Crippen LogP contribution in [0.15, 0.2) is 35.5 Å². The van der Waals surface area contributed by atoms with Gasteiger partial charge in [-0.05, 0) is 73.7 Å². The molecule has 0 unspecified atom stereocenters. The number of epoxide rings is 1. The van der Waals surface area contributed by atoms with E-state index in [-0.39, 0.29) is 41.5 Å². The first-order chi connectivity index (χ1) is 22.3. The number of allylic oxidation sites excluding steroid dienone is 3. The standard InChI is InChI=1S/C39H62O8Si/c1-23(2)32-25(4)15-16-38(46-32)21-29-18-28(44-38)19-31-37(9,45-31)20-24(3)13-12-14-27-22-42-34-33(47-48(10,11)36(6,7)8)26(5)17-30(35(40)43-29)39(27,34)41/h12-14,17,23-25,28-34,41H,15-16,18-22H2,1-11H3/b13-12+,27-14+/t24-,25-,28-,29-,30-,31-,32+,33+,34+,37-,38+,39+/m0/s1. The van der Waals surface area contributed by atoms with Gasteiger partial charge in [-0.3, -0.25) is 4.79 Å². The number of fused-ring (bicyclic) bond motifs is 3. The van der Waals surface area contributed by atoms with Crippen LogP contribution < -0.4 is 0 Å². The minimum atomic E-state index is -2.26. The second kappa shape index (κ2) is 12.7. The van der Waals surface area contributed by atoms with E-state index in [4.69, 9.17) is 28.1 Å². The van der Waals surface area contributed by atoms with Gasteiger partial charge in [-0.15, -0.1) is 0 Å². The van der Waals surface area contributed by atoms with Crippen LogP contribution in [0.4, 0.5) is 0 Å². The van der Waals surface area contributed by atoms with E-state index in [1.165, 1.54) is 0 Å². The first-order valence-electron chi connectivity index (χ1n) is 18.6. The van der Waals surface area contributed by atoms with Crippen LogP contribution in [0.2, 0.25) is 18.1 Å². The van der Waals surface area contributed by atoms with Crippen molar-refractivity contribution in [1.82, 2.24) is 0 Å². The Morgan fingerprint density at radius 2 is 1.79 bits per heavy atom. The van der Waals surface area contributed by atoms with Crippen LogP contribution >= 0.6 is 0 Å². The molecule has 4 saturated heterocycles. The maximum Gasteiger partial charge on any atom is 0.316 e. The van der Waals surface area contributed by atoms with E-state index in [1.54, 1.807) is 0 Å². The molecule has 4 fully saturated rings. The molecular weight excluding hydrogens is 625 g/mol. The van der Waals surface area contributed by atoms with E-state index in [0.29, 0.717) is 30.3 Å². The average Bonchev–Trinajstić information content (AvgIpc) is 3.45. The zero-order chi connectivity index (χ0) is 35.0. The second-order valence-electron chi connectivity index (χ2n) is 18.1. The minimum Gasteiger partial charge on any atom is -0.462 e. The minimum absolute atomic E-state index is 0.0354. The van der Waals surface area contributed by atoms with Gasteiger partial charge in [0.25, 0.3) is 0 Å². The predicted molar refractivity (Wildman–Crippen MR) is 188 cm³/mol. The average molecular weight is 687 g/mol. The summed E-state index contributed by atoms with van der Waals surface area (Å²) in [5, 5.41) is 12.8. The smallest absolute Gasteiger partial charge is 0.316 e. The van der Waals surface area contributed by atoms with E-state index in [0.717, 1.165) is 31.3 Å². The summed E-state index contributed by atoms with van der Waals surface area (Å²) in [6.45, 7) is 24.3. The van der Waals surface area contributed by atoms with Gasteiger partial charge in [0.2, 0.25) is 0 Å². The van der Waals surface area contributed by atoms with Crippen molar-refractivity contribution in [3.8, 4) is 0 Å². The van der Waals surface area contributed by atoms with Gasteiger partial charge in [0.15, 0.2) is 14.1 Å². The maximum atomic E-state index is 14.5. The molecule has 0 saturated carbocycles. The number of esters is 1. The van der Waals surface area contributed by atoms with Crippen molar-refractivity contribution in [1.29, 1.82) is 0 Å². The SMILES string of the molecule is CC1=C[C@H]2C(=O)O[C@H]3C[C@@H](C[C@@H]4O[C@@]4(C)C[C@@H](C)/C=C/C=C4\CO[C@H]([C@@H]1O[Si](C)(C)C(C)(C)C)[C@@]42O)O[C@@]1(CC[C@H](C)[C@@H](C(C)C)O1)C3. The largest absolute Gasteiger partial charge is 0.462 e. The van der Waals surface area contributed by atoms with Crippen LogP contribution in [0.25, 0.3) is 0 Å². The molecule has 5 heterocycles. The normalized spacial score (nSPS) is 47.0. The van der Waals surface area contributed by atoms with Crippen LogP contribution in [-0.2, 0) is 32.9 Å². The third-order valence-corrected chi connectivity index (χ3v) is 17.2. The molecular formula is C39H62O8Si. The molecule has 1 spiro atoms. The first-order valence-corrected chi connectivity index (χ1v) is 21.5. The molecule has 1 N–H and O–H groups in total. The Labute approximate surface area is 290 Å².